The first-order valence-electron chi connectivity index (χ1n) is 6.05. The number of likely N-dealkylation sites (N-methyl/N-ethyl adjacent to an activating group) is 1. The van der Waals surface area contributed by atoms with E-state index in [0.29, 0.717) is 5.17 Å². The normalized spacial score (nSPS) is 23.4. The van der Waals surface area contributed by atoms with Gasteiger partial charge in [-0.3, -0.25) is 0 Å². The summed E-state index contributed by atoms with van der Waals surface area (Å²) < 4.78 is 0. The van der Waals surface area contributed by atoms with E-state index in [9.17, 15) is 0 Å². The molecule has 0 fully saturated rings. The topological polar surface area (TPSA) is 15.6 Å². The first kappa shape index (κ1) is 10.8. The van der Waals surface area contributed by atoms with Crippen LogP contribution in [0.3, 0.4) is 0 Å². The number of hydrogen-bond donors (Lipinski definition) is 0. The van der Waals surface area contributed by atoms with E-state index in [4.69, 9.17) is 11.6 Å². The highest BCUT2D eigenvalue weighted by Gasteiger charge is 2.24. The van der Waals surface area contributed by atoms with Gasteiger partial charge in [0.25, 0.3) is 0 Å². The van der Waals surface area contributed by atoms with Crippen LogP contribution in [0.1, 0.15) is 25.7 Å². The molecule has 0 aromatic rings. The molecular weight excluding hydrogens is 232 g/mol. The standard InChI is InChI=1S/C14H15ClN2/c1-17-12-8-4-2-6-10(12)14(15)16-11-7-3-5-9-13(11)17/h2,5-6,9H,3-4,7-8H2,1H3. The van der Waals surface area contributed by atoms with Crippen molar-refractivity contribution in [1.29, 1.82) is 0 Å². The molecule has 2 aliphatic carbocycles. The van der Waals surface area contributed by atoms with Gasteiger partial charge in [0.2, 0.25) is 0 Å². The van der Waals surface area contributed by atoms with Crippen molar-refractivity contribution >= 4 is 16.8 Å². The lowest BCUT2D eigenvalue weighted by molar-refractivity contribution is 0.495. The molecule has 0 atom stereocenters. The van der Waals surface area contributed by atoms with Gasteiger partial charge in [0.05, 0.1) is 11.4 Å². The van der Waals surface area contributed by atoms with Gasteiger partial charge >= 0.3 is 0 Å². The van der Waals surface area contributed by atoms with Crippen molar-refractivity contribution in [3.05, 3.63) is 47.0 Å². The SMILES string of the molecule is CN1C2=C(CCC=C2)N=C(Cl)C2=C1CCC=C2. The number of hydrogen-bond acceptors (Lipinski definition) is 2. The van der Waals surface area contributed by atoms with Gasteiger partial charge in [0.15, 0.2) is 0 Å². The van der Waals surface area contributed by atoms with Gasteiger partial charge in [0.1, 0.15) is 5.17 Å². The Labute approximate surface area is 107 Å². The van der Waals surface area contributed by atoms with Gasteiger partial charge in [-0.05, 0) is 31.8 Å². The van der Waals surface area contributed by atoms with Gasteiger partial charge in [-0.15, -0.1) is 0 Å². The van der Waals surface area contributed by atoms with Crippen molar-refractivity contribution in [3.8, 4) is 0 Å². The number of nitrogens with zero attached hydrogens (tertiary/aromatic N) is 2. The molecule has 3 rings (SSSR count). The van der Waals surface area contributed by atoms with E-state index < -0.39 is 0 Å². The summed E-state index contributed by atoms with van der Waals surface area (Å²) in [5.74, 6) is 0. The molecule has 17 heavy (non-hydrogen) atoms. The van der Waals surface area contributed by atoms with Gasteiger partial charge < -0.3 is 4.90 Å². The second kappa shape index (κ2) is 4.19. The fourth-order valence-electron chi connectivity index (χ4n) is 2.57. The van der Waals surface area contributed by atoms with E-state index in [0.717, 1.165) is 37.0 Å². The third kappa shape index (κ3) is 1.77. The zero-order valence-corrected chi connectivity index (χ0v) is 10.7. The fourth-order valence-corrected chi connectivity index (χ4v) is 2.84. The average molecular weight is 247 g/mol. The Balaban J connectivity index is 2.15. The third-order valence-electron chi connectivity index (χ3n) is 3.48. The van der Waals surface area contributed by atoms with Crippen LogP contribution < -0.4 is 0 Å². The zero-order chi connectivity index (χ0) is 11.8. The minimum absolute atomic E-state index is 0.642. The van der Waals surface area contributed by atoms with Crippen LogP contribution in [0.15, 0.2) is 52.0 Å². The first-order chi connectivity index (χ1) is 8.27. The Kier molecular flexibility index (Phi) is 2.67. The quantitative estimate of drug-likeness (QED) is 0.636. The van der Waals surface area contributed by atoms with Gasteiger partial charge in [-0.1, -0.05) is 29.8 Å². The summed E-state index contributed by atoms with van der Waals surface area (Å²) in [6.45, 7) is 0. The van der Waals surface area contributed by atoms with E-state index in [2.05, 4.69) is 41.2 Å². The van der Waals surface area contributed by atoms with E-state index in [1.54, 1.807) is 0 Å². The summed E-state index contributed by atoms with van der Waals surface area (Å²) in [6.07, 6.45) is 12.8. The van der Waals surface area contributed by atoms with Crippen LogP contribution in [-0.4, -0.2) is 17.1 Å². The van der Waals surface area contributed by atoms with E-state index >= 15 is 0 Å². The van der Waals surface area contributed by atoms with E-state index in [1.807, 2.05) is 0 Å². The van der Waals surface area contributed by atoms with Crippen molar-refractivity contribution in [2.45, 2.75) is 25.7 Å². The maximum Gasteiger partial charge on any atom is 0.138 e. The van der Waals surface area contributed by atoms with E-state index in [1.165, 1.54) is 11.4 Å². The highest BCUT2D eigenvalue weighted by molar-refractivity contribution is 6.70. The minimum Gasteiger partial charge on any atom is -0.346 e. The van der Waals surface area contributed by atoms with Crippen LogP contribution in [0.2, 0.25) is 0 Å². The molecular formula is C14H15ClN2. The predicted molar refractivity (Wildman–Crippen MR) is 71.9 cm³/mol. The summed E-state index contributed by atoms with van der Waals surface area (Å²) >= 11 is 6.34. The highest BCUT2D eigenvalue weighted by Crippen LogP contribution is 2.34. The van der Waals surface area contributed by atoms with E-state index in [-0.39, 0.29) is 0 Å². The second-order valence-electron chi connectivity index (χ2n) is 4.54. The van der Waals surface area contributed by atoms with Crippen LogP contribution >= 0.6 is 11.6 Å². The van der Waals surface area contributed by atoms with Crippen molar-refractivity contribution in [2.24, 2.45) is 4.99 Å². The Morgan fingerprint density at radius 3 is 2.82 bits per heavy atom. The average Bonchev–Trinajstić information content (AvgIpc) is 2.48. The number of aliphatic imine (C=N–C) groups is 1. The number of halogens is 1. The second-order valence-corrected chi connectivity index (χ2v) is 4.89. The lowest BCUT2D eigenvalue weighted by Gasteiger charge is -2.27. The molecule has 0 saturated carbocycles. The molecule has 1 aliphatic heterocycles. The maximum absolute atomic E-state index is 6.34. The smallest absolute Gasteiger partial charge is 0.138 e. The molecule has 3 aliphatic rings. The lowest BCUT2D eigenvalue weighted by atomic mass is 10.0. The van der Waals surface area contributed by atoms with Crippen LogP contribution in [0, 0.1) is 0 Å². The largest absolute Gasteiger partial charge is 0.346 e. The van der Waals surface area contributed by atoms with Crippen LogP contribution in [-0.2, 0) is 0 Å². The van der Waals surface area contributed by atoms with Gasteiger partial charge in [0, 0.05) is 18.3 Å². The van der Waals surface area contributed by atoms with Gasteiger partial charge in [-0.2, -0.15) is 0 Å². The molecule has 0 aromatic carbocycles. The monoisotopic (exact) mass is 246 g/mol. The Morgan fingerprint density at radius 1 is 1.18 bits per heavy atom. The van der Waals surface area contributed by atoms with Crippen molar-refractivity contribution in [1.82, 2.24) is 4.90 Å². The number of rotatable bonds is 0. The summed E-state index contributed by atoms with van der Waals surface area (Å²) in [6, 6.07) is 0. The van der Waals surface area contributed by atoms with Crippen molar-refractivity contribution in [2.75, 3.05) is 7.05 Å². The molecule has 0 bridgehead atoms. The Hall–Kier alpha value is -1.28. The summed E-state index contributed by atoms with van der Waals surface area (Å²) in [5.41, 5.74) is 4.69. The predicted octanol–water partition coefficient (Wildman–Crippen LogP) is 3.73. The summed E-state index contributed by atoms with van der Waals surface area (Å²) in [4.78, 5) is 6.85. The molecule has 88 valence electrons. The lowest BCUT2D eigenvalue weighted by Crippen LogP contribution is -2.20. The highest BCUT2D eigenvalue weighted by atomic mass is 35.5. The molecule has 0 N–H and O–H groups in total. The third-order valence-corrected chi connectivity index (χ3v) is 3.77. The molecule has 0 amide bonds. The van der Waals surface area contributed by atoms with Crippen molar-refractivity contribution in [3.63, 3.8) is 0 Å². The van der Waals surface area contributed by atoms with Gasteiger partial charge in [-0.25, -0.2) is 4.99 Å². The van der Waals surface area contributed by atoms with Crippen molar-refractivity contribution < 1.29 is 0 Å². The molecule has 0 saturated heterocycles. The molecule has 3 heteroatoms. The molecule has 0 spiro atoms. The van der Waals surface area contributed by atoms with Crippen LogP contribution in [0.25, 0.3) is 0 Å². The molecule has 0 unspecified atom stereocenters. The Bertz CT molecular complexity index is 506. The zero-order valence-electron chi connectivity index (χ0n) is 9.91. The molecule has 2 nitrogen and oxygen atoms in total. The first-order valence-corrected chi connectivity index (χ1v) is 6.43. The molecule has 1 heterocycles. The molecule has 0 radical (unpaired) electrons. The molecule has 0 aromatic heterocycles. The van der Waals surface area contributed by atoms with Crippen LogP contribution in [0.4, 0.5) is 0 Å². The summed E-state index contributed by atoms with van der Waals surface area (Å²) in [5, 5.41) is 0.642. The Morgan fingerprint density at radius 2 is 1.94 bits per heavy atom. The fraction of sp³-hybridized carbons (Fsp3) is 0.357. The maximum atomic E-state index is 6.34. The summed E-state index contributed by atoms with van der Waals surface area (Å²) in [7, 11) is 2.12. The van der Waals surface area contributed by atoms with Crippen LogP contribution in [0.5, 0.6) is 0 Å². The minimum atomic E-state index is 0.642. The number of allylic oxidation sites excluding steroid dienone is 7.